The third kappa shape index (κ3) is 4.51. The summed E-state index contributed by atoms with van der Waals surface area (Å²) in [7, 11) is 1.71. The summed E-state index contributed by atoms with van der Waals surface area (Å²) in [5.74, 6) is -0.134. The van der Waals surface area contributed by atoms with E-state index in [1.54, 1.807) is 19.2 Å². The molecule has 1 atom stereocenters. The zero-order valence-corrected chi connectivity index (χ0v) is 13.8. The summed E-state index contributed by atoms with van der Waals surface area (Å²) in [6.45, 7) is 5.35. The Bertz CT molecular complexity index is 480. The molecule has 1 heterocycles. The van der Waals surface area contributed by atoms with Crippen LogP contribution in [0.4, 0.5) is 4.39 Å². The Morgan fingerprint density at radius 2 is 2.23 bits per heavy atom. The third-order valence-corrected chi connectivity index (χ3v) is 4.73. The summed E-state index contributed by atoms with van der Waals surface area (Å²) in [6, 6.07) is 5.28. The largest absolute Gasteiger partial charge is 0.396 e. The van der Waals surface area contributed by atoms with Crippen molar-refractivity contribution in [3.05, 3.63) is 35.1 Å². The van der Waals surface area contributed by atoms with E-state index in [0.29, 0.717) is 6.54 Å². The third-order valence-electron chi connectivity index (χ3n) is 4.73. The lowest BCUT2D eigenvalue weighted by atomic mass is 9.77. The number of methoxy groups -OCH3 is 1. The van der Waals surface area contributed by atoms with Gasteiger partial charge in [0.25, 0.3) is 0 Å². The Morgan fingerprint density at radius 3 is 2.95 bits per heavy atom. The van der Waals surface area contributed by atoms with Crippen LogP contribution in [-0.4, -0.2) is 43.4 Å². The van der Waals surface area contributed by atoms with E-state index in [-0.39, 0.29) is 17.8 Å². The monoisotopic (exact) mass is 309 g/mol. The molecule has 1 fully saturated rings. The summed E-state index contributed by atoms with van der Waals surface area (Å²) in [5, 5.41) is 9.88. The molecule has 1 N–H and O–H groups in total. The number of hydrogen-bond donors (Lipinski definition) is 1. The van der Waals surface area contributed by atoms with Gasteiger partial charge in [-0.25, -0.2) is 4.39 Å². The van der Waals surface area contributed by atoms with Gasteiger partial charge in [-0.15, -0.1) is 0 Å². The van der Waals surface area contributed by atoms with Crippen molar-refractivity contribution in [3.8, 4) is 0 Å². The molecule has 124 valence electrons. The highest BCUT2D eigenvalue weighted by atomic mass is 19.1. The molecule has 22 heavy (non-hydrogen) atoms. The van der Waals surface area contributed by atoms with Crippen LogP contribution >= 0.6 is 0 Å². The number of aryl methyl sites for hydroxylation is 1. The van der Waals surface area contributed by atoms with Crippen LogP contribution in [0.1, 0.15) is 36.8 Å². The quantitative estimate of drug-likeness (QED) is 0.786. The molecule has 0 bridgehead atoms. The van der Waals surface area contributed by atoms with Crippen LogP contribution < -0.4 is 0 Å². The van der Waals surface area contributed by atoms with E-state index in [1.165, 1.54) is 0 Å². The van der Waals surface area contributed by atoms with E-state index in [0.717, 1.165) is 56.5 Å². The first-order valence-electron chi connectivity index (χ1n) is 8.16. The number of nitrogens with zero attached hydrogens (tertiary/aromatic N) is 1. The number of likely N-dealkylation sites (tertiary alicyclic amines) is 1. The minimum absolute atomic E-state index is 0.0585. The highest BCUT2D eigenvalue weighted by Gasteiger charge is 2.34. The van der Waals surface area contributed by atoms with Gasteiger partial charge in [-0.05, 0) is 45.2 Å². The van der Waals surface area contributed by atoms with E-state index in [1.807, 2.05) is 13.0 Å². The molecule has 1 saturated heterocycles. The van der Waals surface area contributed by atoms with Crippen molar-refractivity contribution >= 4 is 0 Å². The average Bonchev–Trinajstić information content (AvgIpc) is 2.52. The number of aliphatic hydroxyl groups excluding tert-OH is 1. The van der Waals surface area contributed by atoms with Gasteiger partial charge in [0.2, 0.25) is 0 Å². The van der Waals surface area contributed by atoms with Crippen molar-refractivity contribution in [2.24, 2.45) is 5.41 Å². The van der Waals surface area contributed by atoms with Crippen LogP contribution in [0.25, 0.3) is 0 Å². The molecule has 1 aromatic carbocycles. The van der Waals surface area contributed by atoms with Crippen molar-refractivity contribution in [2.75, 3.05) is 33.4 Å². The van der Waals surface area contributed by atoms with Crippen molar-refractivity contribution < 1.29 is 14.2 Å². The van der Waals surface area contributed by atoms with Crippen molar-refractivity contribution in [1.82, 2.24) is 4.90 Å². The summed E-state index contributed by atoms with van der Waals surface area (Å²) >= 11 is 0. The average molecular weight is 309 g/mol. The second-order valence-corrected chi connectivity index (χ2v) is 6.66. The second-order valence-electron chi connectivity index (χ2n) is 6.66. The van der Waals surface area contributed by atoms with Gasteiger partial charge in [0.1, 0.15) is 5.82 Å². The lowest BCUT2D eigenvalue weighted by Gasteiger charge is -2.42. The first-order valence-corrected chi connectivity index (χ1v) is 8.16. The number of aliphatic hydroxyl groups is 1. The van der Waals surface area contributed by atoms with Crippen LogP contribution in [0.15, 0.2) is 18.2 Å². The Morgan fingerprint density at radius 1 is 1.41 bits per heavy atom. The molecule has 0 spiro atoms. The molecule has 4 heteroatoms. The van der Waals surface area contributed by atoms with Gasteiger partial charge in [0.15, 0.2) is 0 Å². The standard InChI is InChI=1S/C18H28FNO2/c1-15-5-6-17(19)16(11-15)12-20-9-3-7-18(13-20,14-21)8-4-10-22-2/h5-6,11,21H,3-4,7-10,12-14H2,1-2H3/t18-/m0/s1. The van der Waals surface area contributed by atoms with Crippen molar-refractivity contribution in [3.63, 3.8) is 0 Å². The van der Waals surface area contributed by atoms with Crippen LogP contribution in [0, 0.1) is 18.2 Å². The smallest absolute Gasteiger partial charge is 0.127 e. The summed E-state index contributed by atoms with van der Waals surface area (Å²) in [6.07, 6.45) is 4.02. The molecule has 0 amide bonds. The van der Waals surface area contributed by atoms with E-state index in [4.69, 9.17) is 4.74 Å². The number of halogens is 1. The molecule has 0 aliphatic carbocycles. The minimum atomic E-state index is -0.134. The Kier molecular flexibility index (Phi) is 6.36. The van der Waals surface area contributed by atoms with E-state index in [9.17, 15) is 9.50 Å². The molecule has 1 aliphatic heterocycles. The molecular weight excluding hydrogens is 281 g/mol. The number of ether oxygens (including phenoxy) is 1. The first kappa shape index (κ1) is 17.4. The molecule has 2 rings (SSSR count). The fourth-order valence-electron chi connectivity index (χ4n) is 3.51. The SMILES string of the molecule is COCCC[C@@]1(CO)CCCN(Cc2cc(C)ccc2F)C1. The number of benzene rings is 1. The lowest BCUT2D eigenvalue weighted by molar-refractivity contribution is 0.0155. The molecular formula is C18H28FNO2. The highest BCUT2D eigenvalue weighted by Crippen LogP contribution is 2.35. The van der Waals surface area contributed by atoms with Crippen LogP contribution in [0.2, 0.25) is 0 Å². The van der Waals surface area contributed by atoms with Gasteiger partial charge in [0.05, 0.1) is 0 Å². The van der Waals surface area contributed by atoms with Crippen molar-refractivity contribution in [2.45, 2.75) is 39.2 Å². The Balaban J connectivity index is 2.01. The van der Waals surface area contributed by atoms with E-state index >= 15 is 0 Å². The van der Waals surface area contributed by atoms with Gasteiger partial charge in [-0.2, -0.15) is 0 Å². The predicted molar refractivity (Wildman–Crippen MR) is 86.3 cm³/mol. The van der Waals surface area contributed by atoms with Gasteiger partial charge in [-0.1, -0.05) is 17.7 Å². The summed E-state index contributed by atoms with van der Waals surface area (Å²) in [4.78, 5) is 2.28. The van der Waals surface area contributed by atoms with Gasteiger partial charge in [-0.3, -0.25) is 4.90 Å². The maximum atomic E-state index is 14.0. The molecule has 3 nitrogen and oxygen atoms in total. The topological polar surface area (TPSA) is 32.7 Å². The number of rotatable bonds is 7. The van der Waals surface area contributed by atoms with Crippen LogP contribution in [0.5, 0.6) is 0 Å². The first-order chi connectivity index (χ1) is 10.6. The number of hydrogen-bond acceptors (Lipinski definition) is 3. The minimum Gasteiger partial charge on any atom is -0.396 e. The van der Waals surface area contributed by atoms with Gasteiger partial charge < -0.3 is 9.84 Å². The Hall–Kier alpha value is -0.970. The molecule has 0 radical (unpaired) electrons. The molecule has 0 aromatic heterocycles. The summed E-state index contributed by atoms with van der Waals surface area (Å²) < 4.78 is 19.1. The highest BCUT2D eigenvalue weighted by molar-refractivity contribution is 5.24. The fraction of sp³-hybridized carbons (Fsp3) is 0.667. The molecule has 1 aromatic rings. The zero-order valence-electron chi connectivity index (χ0n) is 13.8. The normalized spacial score (nSPS) is 22.9. The maximum absolute atomic E-state index is 14.0. The van der Waals surface area contributed by atoms with Crippen LogP contribution in [0.3, 0.4) is 0 Å². The second kappa shape index (κ2) is 8.04. The van der Waals surface area contributed by atoms with Crippen molar-refractivity contribution in [1.29, 1.82) is 0 Å². The Labute approximate surface area is 133 Å². The van der Waals surface area contributed by atoms with E-state index < -0.39 is 0 Å². The molecule has 1 aliphatic rings. The lowest BCUT2D eigenvalue weighted by Crippen LogP contribution is -2.45. The zero-order chi connectivity index (χ0) is 16.0. The van der Waals surface area contributed by atoms with Gasteiger partial charge in [0, 0.05) is 44.4 Å². The number of piperidine rings is 1. The van der Waals surface area contributed by atoms with E-state index in [2.05, 4.69) is 4.90 Å². The molecule has 0 saturated carbocycles. The predicted octanol–water partition coefficient (Wildman–Crippen LogP) is 3.14. The fourth-order valence-corrected chi connectivity index (χ4v) is 3.51. The van der Waals surface area contributed by atoms with Gasteiger partial charge >= 0.3 is 0 Å². The maximum Gasteiger partial charge on any atom is 0.127 e. The summed E-state index contributed by atoms with van der Waals surface area (Å²) in [5.41, 5.74) is 1.78. The van der Waals surface area contributed by atoms with Crippen LogP contribution in [-0.2, 0) is 11.3 Å². The molecule has 0 unspecified atom stereocenters.